The van der Waals surface area contributed by atoms with Crippen LogP contribution < -0.4 is 4.90 Å². The first-order valence-corrected chi connectivity index (χ1v) is 20.0. The molecule has 0 spiro atoms. The van der Waals surface area contributed by atoms with Crippen LogP contribution in [-0.4, -0.2) is 9.97 Å². The summed E-state index contributed by atoms with van der Waals surface area (Å²) in [6.07, 6.45) is 0. The first kappa shape index (κ1) is 35.5. The number of aromatic nitrogens is 2. The quantitative estimate of drug-likeness (QED) is 0.147. The number of anilines is 3. The molecule has 10 rings (SSSR count). The van der Waals surface area contributed by atoms with Crippen molar-refractivity contribution in [2.24, 2.45) is 0 Å². The highest BCUT2D eigenvalue weighted by Crippen LogP contribution is 2.38. The van der Waals surface area contributed by atoms with Crippen molar-refractivity contribution in [2.75, 3.05) is 4.90 Å². The highest BCUT2D eigenvalue weighted by molar-refractivity contribution is 5.96. The van der Waals surface area contributed by atoms with Crippen molar-refractivity contribution in [2.45, 2.75) is 0 Å². The summed E-state index contributed by atoms with van der Waals surface area (Å²) in [4.78, 5) is 12.5. The summed E-state index contributed by atoms with van der Waals surface area (Å²) in [5, 5.41) is 2.36. The van der Waals surface area contributed by atoms with Crippen LogP contribution in [0.2, 0.25) is 0 Å². The van der Waals surface area contributed by atoms with Gasteiger partial charge in [0.05, 0.1) is 11.4 Å². The summed E-state index contributed by atoms with van der Waals surface area (Å²) in [6.45, 7) is 0. The van der Waals surface area contributed by atoms with Crippen molar-refractivity contribution in [3.8, 4) is 67.3 Å². The first-order chi connectivity index (χ1) is 29.2. The number of rotatable bonds is 9. The maximum atomic E-state index is 5.10. The van der Waals surface area contributed by atoms with E-state index in [4.69, 9.17) is 9.97 Å². The molecule has 0 aliphatic rings. The Balaban J connectivity index is 0.947. The second kappa shape index (κ2) is 15.9. The fourth-order valence-corrected chi connectivity index (χ4v) is 7.87. The van der Waals surface area contributed by atoms with Crippen LogP contribution in [0.4, 0.5) is 17.1 Å². The zero-order valence-corrected chi connectivity index (χ0v) is 32.4. The summed E-state index contributed by atoms with van der Waals surface area (Å²) in [7, 11) is 0. The van der Waals surface area contributed by atoms with Crippen molar-refractivity contribution in [3.63, 3.8) is 0 Å². The fourth-order valence-electron chi connectivity index (χ4n) is 7.87. The van der Waals surface area contributed by atoms with Gasteiger partial charge in [0.15, 0.2) is 5.82 Å². The Kier molecular flexibility index (Phi) is 9.59. The molecule has 0 radical (unpaired) electrons. The summed E-state index contributed by atoms with van der Waals surface area (Å²) in [5.74, 6) is 0.709. The molecular formula is C56H39N3. The van der Waals surface area contributed by atoms with E-state index in [0.29, 0.717) is 5.82 Å². The Bertz CT molecular complexity index is 2990. The van der Waals surface area contributed by atoms with Crippen molar-refractivity contribution < 1.29 is 0 Å². The molecule has 0 atom stereocenters. The van der Waals surface area contributed by atoms with Gasteiger partial charge in [-0.05, 0) is 92.7 Å². The molecular weight excluding hydrogens is 715 g/mol. The van der Waals surface area contributed by atoms with E-state index in [1.165, 1.54) is 33.0 Å². The predicted octanol–water partition coefficient (Wildman–Crippen LogP) is 15.1. The van der Waals surface area contributed by atoms with Crippen LogP contribution in [0.3, 0.4) is 0 Å². The number of benzene rings is 9. The van der Waals surface area contributed by atoms with Gasteiger partial charge in [0.1, 0.15) is 0 Å². The van der Waals surface area contributed by atoms with E-state index in [-0.39, 0.29) is 0 Å². The van der Waals surface area contributed by atoms with Crippen LogP contribution >= 0.6 is 0 Å². The van der Waals surface area contributed by atoms with Gasteiger partial charge in [0, 0.05) is 33.8 Å². The Morgan fingerprint density at radius 2 is 0.695 bits per heavy atom. The predicted molar refractivity (Wildman–Crippen MR) is 247 cm³/mol. The lowest BCUT2D eigenvalue weighted by Gasteiger charge is -2.26. The van der Waals surface area contributed by atoms with Crippen LogP contribution in [0.5, 0.6) is 0 Å². The lowest BCUT2D eigenvalue weighted by Crippen LogP contribution is -2.09. The molecule has 9 aromatic carbocycles. The van der Waals surface area contributed by atoms with E-state index in [1.54, 1.807) is 0 Å². The van der Waals surface area contributed by atoms with E-state index >= 15 is 0 Å². The van der Waals surface area contributed by atoms with E-state index in [1.807, 2.05) is 18.2 Å². The van der Waals surface area contributed by atoms with Crippen LogP contribution in [0.1, 0.15) is 0 Å². The van der Waals surface area contributed by atoms with E-state index < -0.39 is 0 Å². The van der Waals surface area contributed by atoms with Crippen molar-refractivity contribution in [1.29, 1.82) is 0 Å². The molecule has 0 unspecified atom stereocenters. The van der Waals surface area contributed by atoms with Crippen LogP contribution in [0.25, 0.3) is 78.1 Å². The van der Waals surface area contributed by atoms with E-state index in [9.17, 15) is 0 Å². The van der Waals surface area contributed by atoms with Gasteiger partial charge in [-0.3, -0.25) is 0 Å². The molecule has 0 amide bonds. The average molecular weight is 754 g/mol. The number of hydrogen-bond donors (Lipinski definition) is 0. The number of fused-ring (bicyclic) bond motifs is 1. The van der Waals surface area contributed by atoms with Crippen molar-refractivity contribution in [3.05, 3.63) is 237 Å². The lowest BCUT2D eigenvalue weighted by molar-refractivity contribution is 1.18. The summed E-state index contributed by atoms with van der Waals surface area (Å²) < 4.78 is 0. The lowest BCUT2D eigenvalue weighted by atomic mass is 9.98. The van der Waals surface area contributed by atoms with Gasteiger partial charge in [0.25, 0.3) is 0 Å². The maximum absolute atomic E-state index is 5.10. The molecule has 1 heterocycles. The number of para-hydroxylation sites is 1. The molecule has 3 nitrogen and oxygen atoms in total. The maximum Gasteiger partial charge on any atom is 0.160 e. The third-order valence-corrected chi connectivity index (χ3v) is 10.9. The minimum atomic E-state index is 0.709. The molecule has 0 saturated carbocycles. The Labute approximate surface area is 345 Å². The third-order valence-electron chi connectivity index (χ3n) is 10.9. The molecule has 10 aromatic rings. The number of hydrogen-bond acceptors (Lipinski definition) is 3. The highest BCUT2D eigenvalue weighted by atomic mass is 15.1. The number of nitrogens with zero attached hydrogens (tertiary/aromatic N) is 3. The third kappa shape index (κ3) is 7.41. The molecule has 0 N–H and O–H groups in total. The average Bonchev–Trinajstić information content (AvgIpc) is 3.33. The molecule has 0 fully saturated rings. The monoisotopic (exact) mass is 753 g/mol. The largest absolute Gasteiger partial charge is 0.311 e. The molecule has 0 aliphatic carbocycles. The van der Waals surface area contributed by atoms with Gasteiger partial charge in [-0.1, -0.05) is 188 Å². The van der Waals surface area contributed by atoms with Crippen LogP contribution in [0, 0.1) is 0 Å². The van der Waals surface area contributed by atoms with Gasteiger partial charge in [-0.2, -0.15) is 0 Å². The van der Waals surface area contributed by atoms with Crippen LogP contribution in [0.15, 0.2) is 237 Å². The van der Waals surface area contributed by atoms with Crippen LogP contribution in [-0.2, 0) is 0 Å². The second-order valence-corrected chi connectivity index (χ2v) is 14.6. The molecule has 1 aromatic heterocycles. The molecule has 59 heavy (non-hydrogen) atoms. The Morgan fingerprint density at radius 3 is 1.34 bits per heavy atom. The van der Waals surface area contributed by atoms with Gasteiger partial charge >= 0.3 is 0 Å². The van der Waals surface area contributed by atoms with Crippen molar-refractivity contribution >= 4 is 27.8 Å². The smallest absolute Gasteiger partial charge is 0.160 e. The van der Waals surface area contributed by atoms with Crippen molar-refractivity contribution in [1.82, 2.24) is 9.97 Å². The summed E-state index contributed by atoms with van der Waals surface area (Å²) in [6, 6.07) is 83.5. The second-order valence-electron chi connectivity index (χ2n) is 14.6. The molecule has 0 bridgehead atoms. The fraction of sp³-hybridized carbons (Fsp3) is 0. The first-order valence-electron chi connectivity index (χ1n) is 20.0. The Morgan fingerprint density at radius 1 is 0.271 bits per heavy atom. The van der Waals surface area contributed by atoms with Gasteiger partial charge in [0.2, 0.25) is 0 Å². The zero-order valence-electron chi connectivity index (χ0n) is 32.4. The molecule has 3 heteroatoms. The normalized spacial score (nSPS) is 11.1. The summed E-state index contributed by atoms with van der Waals surface area (Å²) >= 11 is 0. The minimum Gasteiger partial charge on any atom is -0.311 e. The summed E-state index contributed by atoms with van der Waals surface area (Å²) in [5.41, 5.74) is 15.3. The molecule has 278 valence electrons. The Hall–Kier alpha value is -7.88. The van der Waals surface area contributed by atoms with Gasteiger partial charge in [-0.15, -0.1) is 0 Å². The topological polar surface area (TPSA) is 29.0 Å². The highest BCUT2D eigenvalue weighted by Gasteiger charge is 2.15. The standard InChI is InChI=1S/C56H39N3/c1-4-14-40(15-5-1)47-20-12-21-48(38-47)43-32-36-51(37-33-43)59(49-22-8-3-9-23-49)50-34-30-42(31-35-50)41-26-28-45(29-27-41)54-39-55(58-56(57-54)46-17-6-2-7-18-46)53-25-13-19-44-16-10-11-24-52(44)53/h1-39H. The minimum absolute atomic E-state index is 0.709. The van der Waals surface area contributed by atoms with E-state index in [0.717, 1.165) is 56.3 Å². The molecule has 0 saturated heterocycles. The SMILES string of the molecule is c1ccc(-c2cccc(-c3ccc(N(c4ccccc4)c4ccc(-c5ccc(-c6cc(-c7cccc8ccccc78)nc(-c7ccccc7)n6)cc5)cc4)cc3)c2)cc1. The molecule has 0 aliphatic heterocycles. The zero-order chi connectivity index (χ0) is 39.4. The van der Waals surface area contributed by atoms with Gasteiger partial charge < -0.3 is 4.90 Å². The van der Waals surface area contributed by atoms with E-state index in [2.05, 4.69) is 223 Å². The van der Waals surface area contributed by atoms with Gasteiger partial charge in [-0.25, -0.2) is 9.97 Å².